The standard InChI is InChI=1S/C16H36P.C8H20P.2BrH/c1-5-9-13-17(14-10-6-2,15-11-7-3)16-12-8-4;1-5-9(6-2,7-3)8-4;;/h5-16H2,1-4H3;5-8H2,1-4H3;2*1H/q2*+1;;/p-2. The first-order valence-corrected chi connectivity index (χ1v) is 17.2. The van der Waals surface area contributed by atoms with Crippen molar-refractivity contribution in [3.8, 4) is 0 Å². The SMILES string of the molecule is CCCC[P+](CCCC)(CCCC)CCCC.CC[P+](CC)(CC)CC.[Br-].[Br-]. The van der Waals surface area contributed by atoms with Gasteiger partial charge in [-0.25, -0.2) is 0 Å². The summed E-state index contributed by atoms with van der Waals surface area (Å²) in [4.78, 5) is 0. The van der Waals surface area contributed by atoms with Crippen LogP contribution in [0.15, 0.2) is 0 Å². The predicted octanol–water partition coefficient (Wildman–Crippen LogP) is 3.30. The van der Waals surface area contributed by atoms with Crippen molar-refractivity contribution in [2.75, 3.05) is 49.3 Å². The van der Waals surface area contributed by atoms with Crippen LogP contribution in [0.4, 0.5) is 0 Å². The Morgan fingerprint density at radius 2 is 0.571 bits per heavy atom. The van der Waals surface area contributed by atoms with Crippen LogP contribution in [-0.4, -0.2) is 49.3 Å². The van der Waals surface area contributed by atoms with E-state index < -0.39 is 14.5 Å². The molecule has 0 aliphatic heterocycles. The summed E-state index contributed by atoms with van der Waals surface area (Å²) in [5, 5.41) is 0. The van der Waals surface area contributed by atoms with Gasteiger partial charge in [0.1, 0.15) is 0 Å². The van der Waals surface area contributed by atoms with Crippen molar-refractivity contribution in [2.45, 2.75) is 107 Å². The molecule has 4 heteroatoms. The van der Waals surface area contributed by atoms with Crippen molar-refractivity contribution in [1.82, 2.24) is 0 Å². The zero-order chi connectivity index (χ0) is 20.3. The maximum atomic E-state index is 2.36. The molecule has 0 saturated heterocycles. The second-order valence-corrected chi connectivity index (χ2v) is 17.9. The zero-order valence-corrected chi connectivity index (χ0v) is 25.9. The minimum atomic E-state index is -0.562. The molecule has 0 unspecified atom stereocenters. The van der Waals surface area contributed by atoms with E-state index in [1.165, 1.54) is 76.0 Å². The molecule has 0 saturated carbocycles. The smallest absolute Gasteiger partial charge is 0.0594 e. The van der Waals surface area contributed by atoms with Gasteiger partial charge >= 0.3 is 0 Å². The van der Waals surface area contributed by atoms with Crippen LogP contribution >= 0.6 is 14.5 Å². The largest absolute Gasteiger partial charge is 1.00 e. The summed E-state index contributed by atoms with van der Waals surface area (Å²) in [6.45, 7) is 18.8. The molecular formula is C24H56Br2P2. The first-order chi connectivity index (χ1) is 12.5. The van der Waals surface area contributed by atoms with Gasteiger partial charge in [-0.3, -0.25) is 0 Å². The van der Waals surface area contributed by atoms with E-state index in [-0.39, 0.29) is 34.0 Å². The van der Waals surface area contributed by atoms with E-state index in [1.807, 2.05) is 0 Å². The fraction of sp³-hybridized carbons (Fsp3) is 1.00. The van der Waals surface area contributed by atoms with Crippen LogP contribution in [0.25, 0.3) is 0 Å². The molecule has 0 aliphatic carbocycles. The molecule has 0 atom stereocenters. The Kier molecular flexibility index (Phi) is 33.3. The Morgan fingerprint density at radius 1 is 0.357 bits per heavy atom. The van der Waals surface area contributed by atoms with Crippen LogP contribution in [0, 0.1) is 0 Å². The summed E-state index contributed by atoms with van der Waals surface area (Å²) in [6.07, 6.45) is 23.8. The molecule has 0 aromatic rings. The Hall–Kier alpha value is 1.82. The monoisotopic (exact) mass is 564 g/mol. The van der Waals surface area contributed by atoms with E-state index in [1.54, 1.807) is 24.6 Å². The average Bonchev–Trinajstić information content (AvgIpc) is 2.69. The third-order valence-electron chi connectivity index (χ3n) is 6.63. The molecule has 0 radical (unpaired) electrons. The zero-order valence-electron chi connectivity index (χ0n) is 21.0. The van der Waals surface area contributed by atoms with Crippen molar-refractivity contribution < 1.29 is 34.0 Å². The fourth-order valence-corrected chi connectivity index (χ4v) is 12.0. The van der Waals surface area contributed by atoms with Gasteiger partial charge in [0.2, 0.25) is 0 Å². The minimum absolute atomic E-state index is 0. The third kappa shape index (κ3) is 17.5. The normalized spacial score (nSPS) is 11.1. The van der Waals surface area contributed by atoms with Gasteiger partial charge in [-0.15, -0.1) is 0 Å². The van der Waals surface area contributed by atoms with E-state index in [9.17, 15) is 0 Å². The van der Waals surface area contributed by atoms with Crippen molar-refractivity contribution in [3.05, 3.63) is 0 Å². The van der Waals surface area contributed by atoms with Crippen molar-refractivity contribution in [3.63, 3.8) is 0 Å². The Bertz CT molecular complexity index is 227. The molecule has 0 aliphatic rings. The van der Waals surface area contributed by atoms with Gasteiger partial charge in [0.05, 0.1) is 49.3 Å². The van der Waals surface area contributed by atoms with Gasteiger partial charge in [0.25, 0.3) is 0 Å². The Balaban J connectivity index is -0.000000225. The molecule has 28 heavy (non-hydrogen) atoms. The van der Waals surface area contributed by atoms with Crippen molar-refractivity contribution >= 4 is 14.5 Å². The third-order valence-corrected chi connectivity index (χ3v) is 17.1. The van der Waals surface area contributed by atoms with Gasteiger partial charge in [-0.1, -0.05) is 53.4 Å². The molecule has 0 aromatic heterocycles. The molecule has 176 valence electrons. The summed E-state index contributed by atoms with van der Waals surface area (Å²) in [6, 6.07) is 0. The molecule has 0 heterocycles. The predicted molar refractivity (Wildman–Crippen MR) is 135 cm³/mol. The van der Waals surface area contributed by atoms with Crippen LogP contribution in [-0.2, 0) is 0 Å². The maximum absolute atomic E-state index is 2.36. The lowest BCUT2D eigenvalue weighted by molar-refractivity contribution is -0.00100. The van der Waals surface area contributed by atoms with Crippen molar-refractivity contribution in [1.29, 1.82) is 0 Å². The first kappa shape index (κ1) is 37.2. The fourth-order valence-electron chi connectivity index (χ4n) is 3.99. The van der Waals surface area contributed by atoms with Gasteiger partial charge < -0.3 is 34.0 Å². The number of rotatable bonds is 16. The molecule has 0 amide bonds. The van der Waals surface area contributed by atoms with E-state index in [0.29, 0.717) is 0 Å². The topological polar surface area (TPSA) is 0 Å². The molecule has 0 spiro atoms. The quantitative estimate of drug-likeness (QED) is 0.252. The lowest BCUT2D eigenvalue weighted by atomic mass is 10.4. The highest BCUT2D eigenvalue weighted by Gasteiger charge is 2.34. The summed E-state index contributed by atoms with van der Waals surface area (Å²) < 4.78 is 0. The van der Waals surface area contributed by atoms with Gasteiger partial charge in [0.15, 0.2) is 0 Å². The number of unbranched alkanes of at least 4 members (excludes halogenated alkanes) is 4. The van der Waals surface area contributed by atoms with Crippen LogP contribution in [0.1, 0.15) is 107 Å². The van der Waals surface area contributed by atoms with Crippen LogP contribution in [0.5, 0.6) is 0 Å². The lowest BCUT2D eigenvalue weighted by Gasteiger charge is -2.28. The second-order valence-electron chi connectivity index (χ2n) is 8.26. The molecule has 0 nitrogen and oxygen atoms in total. The maximum Gasteiger partial charge on any atom is 0.0594 e. The minimum Gasteiger partial charge on any atom is -1.00 e. The molecular weight excluding hydrogens is 510 g/mol. The molecule has 0 fully saturated rings. The lowest BCUT2D eigenvalue weighted by Crippen LogP contribution is -3.00. The van der Waals surface area contributed by atoms with Crippen LogP contribution in [0.2, 0.25) is 0 Å². The summed E-state index contributed by atoms with van der Waals surface area (Å²) in [5.74, 6) is 0. The van der Waals surface area contributed by atoms with Gasteiger partial charge in [-0.05, 0) is 53.4 Å². The number of hydrogen-bond donors (Lipinski definition) is 0. The average molecular weight is 566 g/mol. The van der Waals surface area contributed by atoms with E-state index >= 15 is 0 Å². The first-order valence-electron chi connectivity index (χ1n) is 12.2. The van der Waals surface area contributed by atoms with Gasteiger partial charge in [0, 0.05) is 14.5 Å². The Morgan fingerprint density at radius 3 is 0.679 bits per heavy atom. The summed E-state index contributed by atoms with van der Waals surface area (Å²) in [7, 11) is -0.982. The highest BCUT2D eigenvalue weighted by Crippen LogP contribution is 2.61. The highest BCUT2D eigenvalue weighted by atomic mass is 79.9. The van der Waals surface area contributed by atoms with Crippen LogP contribution < -0.4 is 34.0 Å². The van der Waals surface area contributed by atoms with E-state index in [0.717, 1.165) is 0 Å². The Labute approximate surface area is 203 Å². The summed E-state index contributed by atoms with van der Waals surface area (Å²) >= 11 is 0. The van der Waals surface area contributed by atoms with Crippen molar-refractivity contribution in [2.24, 2.45) is 0 Å². The molecule has 0 bridgehead atoms. The highest BCUT2D eigenvalue weighted by molar-refractivity contribution is 7.76. The molecule has 0 aromatic carbocycles. The number of halogens is 2. The van der Waals surface area contributed by atoms with Crippen LogP contribution in [0.3, 0.4) is 0 Å². The van der Waals surface area contributed by atoms with Gasteiger partial charge in [-0.2, -0.15) is 0 Å². The summed E-state index contributed by atoms with van der Waals surface area (Å²) in [5.41, 5.74) is 0. The number of hydrogen-bond acceptors (Lipinski definition) is 0. The second kappa shape index (κ2) is 25.1. The van der Waals surface area contributed by atoms with E-state index in [2.05, 4.69) is 55.4 Å². The van der Waals surface area contributed by atoms with E-state index in [4.69, 9.17) is 0 Å². The molecule has 0 rings (SSSR count). The molecule has 0 N–H and O–H groups in total.